The molecule has 2 atom stereocenters. The van der Waals surface area contributed by atoms with Gasteiger partial charge >= 0.3 is 5.97 Å². The number of ether oxygens (including phenoxy) is 2. The summed E-state index contributed by atoms with van der Waals surface area (Å²) >= 11 is 0. The van der Waals surface area contributed by atoms with Gasteiger partial charge in [0.05, 0.1) is 37.0 Å². The molecule has 1 amide bonds. The molecule has 0 radical (unpaired) electrons. The van der Waals surface area contributed by atoms with Gasteiger partial charge in [-0.05, 0) is 90.6 Å². The number of amides is 1. The number of halogens is 1. The van der Waals surface area contributed by atoms with Gasteiger partial charge < -0.3 is 29.6 Å². The molecular formula is C40H41FN2O6. The Labute approximate surface area is 285 Å². The third-order valence-electron chi connectivity index (χ3n) is 8.21. The predicted molar refractivity (Wildman–Crippen MR) is 188 cm³/mol. The van der Waals surface area contributed by atoms with Crippen LogP contribution in [-0.2, 0) is 11.3 Å². The smallest absolute Gasteiger partial charge is 0.313 e. The number of aliphatic hydroxyl groups is 2. The Morgan fingerprint density at radius 1 is 0.796 bits per heavy atom. The fourth-order valence-corrected chi connectivity index (χ4v) is 6.01. The normalized spacial score (nSPS) is 12.4. The molecule has 4 aromatic carbocycles. The highest BCUT2D eigenvalue weighted by molar-refractivity contribution is 6.12. The second-order valence-electron chi connectivity index (χ2n) is 12.2. The number of hydrogen-bond acceptors (Lipinski definition) is 6. The van der Waals surface area contributed by atoms with Crippen molar-refractivity contribution in [3.05, 3.63) is 126 Å². The van der Waals surface area contributed by atoms with Gasteiger partial charge in [0.15, 0.2) is 0 Å². The second kappa shape index (κ2) is 16.2. The molecule has 0 aliphatic heterocycles. The molecule has 8 nitrogen and oxygen atoms in total. The standard InChI is InChI=1S/C40H41FN2O6/c1-26(2)38-37(40(47)42-30-12-8-5-9-13-30)36(27-10-6-4-7-11-27)39(28-14-16-29(41)17-15-28)43(38)23-22-31(44)24-32(45)25-35(46)49-34-20-18-33(48-3)19-21-34/h4-21,26,31-32,44-45H,22-25H2,1-3H3,(H,42,47)/t31-,32-/m1/s1. The van der Waals surface area contributed by atoms with E-state index < -0.39 is 18.2 Å². The predicted octanol–water partition coefficient (Wildman–Crippen LogP) is 7.84. The van der Waals surface area contributed by atoms with Crippen molar-refractivity contribution in [1.82, 2.24) is 4.57 Å². The average molecular weight is 665 g/mol. The molecule has 0 spiro atoms. The zero-order chi connectivity index (χ0) is 34.9. The van der Waals surface area contributed by atoms with E-state index in [-0.39, 0.29) is 43.4 Å². The zero-order valence-electron chi connectivity index (χ0n) is 27.8. The molecule has 254 valence electrons. The van der Waals surface area contributed by atoms with Crippen molar-refractivity contribution in [2.75, 3.05) is 12.4 Å². The van der Waals surface area contributed by atoms with Crippen LogP contribution in [0.4, 0.5) is 10.1 Å². The van der Waals surface area contributed by atoms with Crippen molar-refractivity contribution in [3.63, 3.8) is 0 Å². The monoisotopic (exact) mass is 664 g/mol. The van der Waals surface area contributed by atoms with Crippen LogP contribution in [-0.4, -0.2) is 46.0 Å². The Bertz CT molecular complexity index is 1840. The van der Waals surface area contributed by atoms with Crippen LogP contribution in [0.25, 0.3) is 22.4 Å². The van der Waals surface area contributed by atoms with Crippen LogP contribution >= 0.6 is 0 Å². The number of methoxy groups -OCH3 is 1. The number of hydrogen-bond donors (Lipinski definition) is 3. The lowest BCUT2D eigenvalue weighted by Crippen LogP contribution is -2.24. The molecule has 0 fully saturated rings. The van der Waals surface area contributed by atoms with Crippen LogP contribution in [0.5, 0.6) is 11.5 Å². The summed E-state index contributed by atoms with van der Waals surface area (Å²) in [7, 11) is 1.54. The first-order valence-electron chi connectivity index (χ1n) is 16.3. The first kappa shape index (κ1) is 35.1. The lowest BCUT2D eigenvalue weighted by Gasteiger charge is -2.20. The summed E-state index contributed by atoms with van der Waals surface area (Å²) in [5.74, 6) is -0.483. The fraction of sp³-hybridized carbons (Fsp3) is 0.250. The number of nitrogens with zero attached hydrogens (tertiary/aromatic N) is 1. The van der Waals surface area contributed by atoms with E-state index in [2.05, 4.69) is 5.32 Å². The van der Waals surface area contributed by atoms with Crippen LogP contribution in [0.1, 0.15) is 55.1 Å². The van der Waals surface area contributed by atoms with Gasteiger partial charge in [-0.15, -0.1) is 0 Å². The fourth-order valence-electron chi connectivity index (χ4n) is 6.01. The Balaban J connectivity index is 1.45. The van der Waals surface area contributed by atoms with Crippen LogP contribution in [0.3, 0.4) is 0 Å². The van der Waals surface area contributed by atoms with E-state index in [0.717, 1.165) is 11.3 Å². The van der Waals surface area contributed by atoms with Gasteiger partial charge in [-0.3, -0.25) is 9.59 Å². The highest BCUT2D eigenvalue weighted by atomic mass is 19.1. The third-order valence-corrected chi connectivity index (χ3v) is 8.21. The van der Waals surface area contributed by atoms with E-state index in [1.54, 1.807) is 36.4 Å². The number of aromatic nitrogens is 1. The molecule has 0 aliphatic rings. The molecular weight excluding hydrogens is 623 g/mol. The average Bonchev–Trinajstić information content (AvgIpc) is 3.44. The number of carbonyl (C=O) groups is 2. The highest BCUT2D eigenvalue weighted by Crippen LogP contribution is 2.42. The molecule has 9 heteroatoms. The molecule has 0 unspecified atom stereocenters. The topological polar surface area (TPSA) is 110 Å². The summed E-state index contributed by atoms with van der Waals surface area (Å²) in [4.78, 5) is 26.7. The van der Waals surface area contributed by atoms with Crippen LogP contribution < -0.4 is 14.8 Å². The SMILES string of the molecule is COc1ccc(OC(=O)C[C@H](O)C[C@H](O)CCn2c(-c3ccc(F)cc3)c(-c3ccccc3)c(C(=O)Nc3ccccc3)c2C(C)C)cc1. The number of esters is 1. The number of para-hydroxylation sites is 1. The van der Waals surface area contributed by atoms with Crippen LogP contribution in [0, 0.1) is 5.82 Å². The molecule has 49 heavy (non-hydrogen) atoms. The molecule has 3 N–H and O–H groups in total. The minimum atomic E-state index is -1.14. The molecule has 0 saturated heterocycles. The lowest BCUT2D eigenvalue weighted by atomic mass is 9.94. The minimum absolute atomic E-state index is 0.0607. The van der Waals surface area contributed by atoms with E-state index in [1.165, 1.54) is 19.2 Å². The lowest BCUT2D eigenvalue weighted by molar-refractivity contribution is -0.136. The van der Waals surface area contributed by atoms with Gasteiger partial charge in [0.25, 0.3) is 5.91 Å². The van der Waals surface area contributed by atoms with E-state index in [9.17, 15) is 24.2 Å². The quantitative estimate of drug-likeness (QED) is 0.0824. The van der Waals surface area contributed by atoms with E-state index in [4.69, 9.17) is 9.47 Å². The largest absolute Gasteiger partial charge is 0.497 e. The summed E-state index contributed by atoms with van der Waals surface area (Å²) in [5, 5.41) is 24.8. The molecule has 1 aromatic heterocycles. The van der Waals surface area contributed by atoms with Crippen molar-refractivity contribution in [1.29, 1.82) is 0 Å². The Hall–Kier alpha value is -5.25. The van der Waals surface area contributed by atoms with Crippen molar-refractivity contribution in [3.8, 4) is 33.9 Å². The maximum Gasteiger partial charge on any atom is 0.313 e. The van der Waals surface area contributed by atoms with Gasteiger partial charge in [0, 0.05) is 23.5 Å². The van der Waals surface area contributed by atoms with Gasteiger partial charge in [-0.1, -0.05) is 62.4 Å². The molecule has 5 aromatic rings. The van der Waals surface area contributed by atoms with Gasteiger partial charge in [0.2, 0.25) is 0 Å². The van der Waals surface area contributed by atoms with Gasteiger partial charge in [0.1, 0.15) is 17.3 Å². The van der Waals surface area contributed by atoms with Crippen LogP contribution in [0.15, 0.2) is 109 Å². The number of aliphatic hydroxyl groups excluding tert-OH is 2. The summed E-state index contributed by atoms with van der Waals surface area (Å²) in [6, 6.07) is 31.5. The van der Waals surface area contributed by atoms with Crippen molar-refractivity contribution < 1.29 is 33.7 Å². The Morgan fingerprint density at radius 3 is 2.02 bits per heavy atom. The molecule has 1 heterocycles. The number of benzene rings is 4. The summed E-state index contributed by atoms with van der Waals surface area (Å²) < 4.78 is 26.6. The zero-order valence-corrected chi connectivity index (χ0v) is 27.8. The van der Waals surface area contributed by atoms with Crippen molar-refractivity contribution >= 4 is 17.6 Å². The molecule has 0 aliphatic carbocycles. The summed E-state index contributed by atoms with van der Waals surface area (Å²) in [6.07, 6.45) is -2.27. The van der Waals surface area contributed by atoms with Crippen LogP contribution in [0.2, 0.25) is 0 Å². The molecule has 0 saturated carbocycles. The van der Waals surface area contributed by atoms with Gasteiger partial charge in [-0.2, -0.15) is 0 Å². The summed E-state index contributed by atoms with van der Waals surface area (Å²) in [6.45, 7) is 4.29. The minimum Gasteiger partial charge on any atom is -0.497 e. The summed E-state index contributed by atoms with van der Waals surface area (Å²) in [5.41, 5.74) is 4.81. The molecule has 5 rings (SSSR count). The Kier molecular flexibility index (Phi) is 11.6. The highest BCUT2D eigenvalue weighted by Gasteiger charge is 2.31. The third kappa shape index (κ3) is 8.81. The van der Waals surface area contributed by atoms with Crippen molar-refractivity contribution in [2.45, 2.75) is 57.8 Å². The van der Waals surface area contributed by atoms with Gasteiger partial charge in [-0.25, -0.2) is 4.39 Å². The first-order valence-corrected chi connectivity index (χ1v) is 16.3. The van der Waals surface area contributed by atoms with Crippen molar-refractivity contribution in [2.24, 2.45) is 0 Å². The van der Waals surface area contributed by atoms with E-state index >= 15 is 0 Å². The maximum atomic E-state index is 14.2. The molecule has 0 bridgehead atoms. The van der Waals surface area contributed by atoms with E-state index in [0.29, 0.717) is 39.6 Å². The first-order chi connectivity index (χ1) is 23.6. The number of rotatable bonds is 14. The van der Waals surface area contributed by atoms with E-state index in [1.807, 2.05) is 79.1 Å². The maximum absolute atomic E-state index is 14.2. The number of nitrogens with one attached hydrogen (secondary N) is 1. The number of carbonyl (C=O) groups excluding carboxylic acids is 2. The second-order valence-corrected chi connectivity index (χ2v) is 12.2. The number of anilines is 1. The Morgan fingerprint density at radius 2 is 1.41 bits per heavy atom.